The van der Waals surface area contributed by atoms with Crippen LogP contribution in [0.3, 0.4) is 0 Å². The molecular weight excluding hydrogens is 540 g/mol. The molecule has 0 heterocycles. The third kappa shape index (κ3) is 3.80. The summed E-state index contributed by atoms with van der Waals surface area (Å²) in [7, 11) is 0. The largest absolute Gasteiger partial charge is 0.207 e. The molecule has 42 heavy (non-hydrogen) atoms. The Balaban J connectivity index is 1.84. The van der Waals surface area contributed by atoms with Crippen LogP contribution in [-0.2, 0) is 0 Å². The minimum absolute atomic E-state index is 0.145. The highest BCUT2D eigenvalue weighted by Gasteiger charge is 2.42. The van der Waals surface area contributed by atoms with Crippen LogP contribution in [-0.4, -0.2) is 0 Å². The SMILES string of the molecule is N#CC(C#N)=C1C2=C(C(=C(C#N)C#N)c3cccc(-c4cc(F)cc(F)c4)c32)c2c1cccc2-c1cc(F)cc(F)c1. The van der Waals surface area contributed by atoms with E-state index >= 15 is 0 Å². The minimum Gasteiger partial charge on any atom is -0.207 e. The summed E-state index contributed by atoms with van der Waals surface area (Å²) >= 11 is 0. The van der Waals surface area contributed by atoms with Crippen molar-refractivity contribution in [2.45, 2.75) is 0 Å². The number of nitrogens with zero attached hydrogens (tertiary/aromatic N) is 4. The number of hydrogen-bond acceptors (Lipinski definition) is 4. The molecule has 0 N–H and O–H groups in total. The summed E-state index contributed by atoms with van der Waals surface area (Å²) < 4.78 is 57.5. The zero-order valence-corrected chi connectivity index (χ0v) is 21.2. The van der Waals surface area contributed by atoms with Gasteiger partial charge in [-0.25, -0.2) is 17.6 Å². The van der Waals surface area contributed by atoms with Crippen molar-refractivity contribution in [3.63, 3.8) is 0 Å². The summed E-state index contributed by atoms with van der Waals surface area (Å²) in [4.78, 5) is 0. The van der Waals surface area contributed by atoms with E-state index in [1.807, 2.05) is 24.3 Å². The highest BCUT2D eigenvalue weighted by atomic mass is 19.1. The number of halogens is 4. The fourth-order valence-corrected chi connectivity index (χ4v) is 5.77. The first-order chi connectivity index (χ1) is 20.3. The molecule has 0 amide bonds. The second-order valence-corrected chi connectivity index (χ2v) is 9.47. The third-order valence-corrected chi connectivity index (χ3v) is 7.21. The van der Waals surface area contributed by atoms with E-state index in [4.69, 9.17) is 0 Å². The van der Waals surface area contributed by atoms with Gasteiger partial charge in [-0.2, -0.15) is 21.0 Å². The maximum absolute atomic E-state index is 14.4. The Labute approximate surface area is 236 Å². The zero-order chi connectivity index (χ0) is 29.7. The maximum atomic E-state index is 14.4. The molecule has 2 aliphatic carbocycles. The molecule has 0 bridgehead atoms. The lowest BCUT2D eigenvalue weighted by atomic mass is 9.84. The highest BCUT2D eigenvalue weighted by Crippen LogP contribution is 2.62. The normalized spacial score (nSPS) is 12.5. The molecular formula is C34H12F4N4. The second-order valence-electron chi connectivity index (χ2n) is 9.47. The van der Waals surface area contributed by atoms with Gasteiger partial charge in [0.15, 0.2) is 0 Å². The van der Waals surface area contributed by atoms with E-state index in [2.05, 4.69) is 0 Å². The summed E-state index contributed by atoms with van der Waals surface area (Å²) in [5.41, 5.74) is 2.67. The first-order valence-corrected chi connectivity index (χ1v) is 12.4. The lowest BCUT2D eigenvalue weighted by molar-refractivity contribution is 0.583. The molecule has 6 rings (SSSR count). The van der Waals surface area contributed by atoms with Crippen LogP contribution in [0, 0.1) is 68.6 Å². The molecule has 0 atom stereocenters. The lowest BCUT2D eigenvalue weighted by Crippen LogP contribution is -1.99. The Morgan fingerprint density at radius 2 is 0.762 bits per heavy atom. The molecule has 4 aromatic carbocycles. The van der Waals surface area contributed by atoms with E-state index in [9.17, 15) is 38.6 Å². The van der Waals surface area contributed by atoms with E-state index in [-0.39, 0.29) is 33.4 Å². The van der Waals surface area contributed by atoms with Gasteiger partial charge >= 0.3 is 0 Å². The van der Waals surface area contributed by atoms with Crippen LogP contribution in [0.2, 0.25) is 0 Å². The van der Waals surface area contributed by atoms with Crippen molar-refractivity contribution in [2.75, 3.05) is 0 Å². The van der Waals surface area contributed by atoms with Gasteiger partial charge in [-0.05, 0) is 68.8 Å². The van der Waals surface area contributed by atoms with Gasteiger partial charge in [0.05, 0.1) is 0 Å². The van der Waals surface area contributed by atoms with Crippen LogP contribution in [0.25, 0.3) is 44.5 Å². The van der Waals surface area contributed by atoms with Gasteiger partial charge in [0.2, 0.25) is 0 Å². The summed E-state index contributed by atoms with van der Waals surface area (Å²) in [6.45, 7) is 0. The molecule has 0 aliphatic heterocycles. The van der Waals surface area contributed by atoms with Gasteiger partial charge in [0.25, 0.3) is 0 Å². The smallest absolute Gasteiger partial charge is 0.138 e. The first kappa shape index (κ1) is 26.0. The van der Waals surface area contributed by atoms with Gasteiger partial charge in [0.1, 0.15) is 58.7 Å². The van der Waals surface area contributed by atoms with Crippen LogP contribution >= 0.6 is 0 Å². The topological polar surface area (TPSA) is 95.2 Å². The van der Waals surface area contributed by atoms with Crippen LogP contribution in [0.1, 0.15) is 22.3 Å². The van der Waals surface area contributed by atoms with Crippen molar-refractivity contribution in [3.8, 4) is 46.5 Å². The summed E-state index contributed by atoms with van der Waals surface area (Å²) in [6.07, 6.45) is 0. The van der Waals surface area contributed by atoms with Crippen molar-refractivity contribution in [1.82, 2.24) is 0 Å². The Hall–Kier alpha value is -6.22. The van der Waals surface area contributed by atoms with Gasteiger partial charge < -0.3 is 0 Å². The number of rotatable bonds is 2. The van der Waals surface area contributed by atoms with E-state index < -0.39 is 23.3 Å². The van der Waals surface area contributed by atoms with Crippen LogP contribution in [0.15, 0.2) is 83.9 Å². The maximum Gasteiger partial charge on any atom is 0.138 e. The summed E-state index contributed by atoms with van der Waals surface area (Å²) in [5, 5.41) is 40.0. The van der Waals surface area contributed by atoms with E-state index in [0.29, 0.717) is 44.5 Å². The van der Waals surface area contributed by atoms with E-state index in [0.717, 1.165) is 36.4 Å². The molecule has 0 saturated heterocycles. The third-order valence-electron chi connectivity index (χ3n) is 7.21. The average molecular weight is 552 g/mol. The minimum atomic E-state index is -0.837. The average Bonchev–Trinajstić information content (AvgIpc) is 3.47. The van der Waals surface area contributed by atoms with E-state index in [1.54, 1.807) is 36.4 Å². The fourth-order valence-electron chi connectivity index (χ4n) is 5.77. The molecule has 4 nitrogen and oxygen atoms in total. The predicted octanol–water partition coefficient (Wildman–Crippen LogP) is 8.12. The molecule has 8 heteroatoms. The van der Waals surface area contributed by atoms with Crippen LogP contribution in [0.4, 0.5) is 17.6 Å². The van der Waals surface area contributed by atoms with Crippen molar-refractivity contribution in [1.29, 1.82) is 21.0 Å². The second kappa shape index (κ2) is 9.76. The Kier molecular flexibility index (Phi) is 6.05. The molecule has 0 saturated carbocycles. The standard InChI is InChI=1S/C34H12F4N4/c35-21-7-17(8-22(36)11-21)25-3-1-5-27-29(19(13-39)14-40)33-32-26(18-9-23(37)12-24(38)10-18)4-2-6-28(32)30(20(15-41)16-42)34(33)31(25)27/h1-12H. The van der Waals surface area contributed by atoms with E-state index in [1.165, 1.54) is 0 Å². The monoisotopic (exact) mass is 552 g/mol. The predicted molar refractivity (Wildman–Crippen MR) is 147 cm³/mol. The van der Waals surface area contributed by atoms with Crippen LogP contribution < -0.4 is 0 Å². The Morgan fingerprint density at radius 3 is 1.07 bits per heavy atom. The summed E-state index contributed by atoms with van der Waals surface area (Å²) in [6, 6.07) is 23.2. The molecule has 0 radical (unpaired) electrons. The fraction of sp³-hybridized carbons (Fsp3) is 0. The molecule has 0 fully saturated rings. The molecule has 4 aromatic rings. The first-order valence-electron chi connectivity index (χ1n) is 12.4. The Morgan fingerprint density at radius 1 is 0.452 bits per heavy atom. The molecule has 2 aliphatic rings. The van der Waals surface area contributed by atoms with Crippen molar-refractivity contribution in [3.05, 3.63) is 129 Å². The van der Waals surface area contributed by atoms with Crippen molar-refractivity contribution >= 4 is 22.3 Å². The zero-order valence-electron chi connectivity index (χ0n) is 21.2. The molecule has 0 unspecified atom stereocenters. The van der Waals surface area contributed by atoms with Crippen LogP contribution in [0.5, 0.6) is 0 Å². The van der Waals surface area contributed by atoms with Gasteiger partial charge in [0, 0.05) is 34.4 Å². The number of fused-ring (bicyclic) bond motifs is 4. The quantitative estimate of drug-likeness (QED) is 0.185. The van der Waals surface area contributed by atoms with Gasteiger partial charge in [-0.1, -0.05) is 36.4 Å². The van der Waals surface area contributed by atoms with Crippen molar-refractivity contribution < 1.29 is 17.6 Å². The number of allylic oxidation sites excluding steroid dienone is 6. The Bertz CT molecular complexity index is 1950. The highest BCUT2D eigenvalue weighted by molar-refractivity contribution is 6.39. The van der Waals surface area contributed by atoms with Crippen molar-refractivity contribution in [2.24, 2.45) is 0 Å². The summed E-state index contributed by atoms with van der Waals surface area (Å²) in [5.74, 6) is -3.35. The number of nitriles is 4. The van der Waals surface area contributed by atoms with Gasteiger partial charge in [-0.3, -0.25) is 0 Å². The molecule has 196 valence electrons. The number of benzene rings is 4. The lowest BCUT2D eigenvalue weighted by Gasteiger charge is -2.17. The molecule has 0 spiro atoms. The number of hydrogen-bond donors (Lipinski definition) is 0. The van der Waals surface area contributed by atoms with Gasteiger partial charge in [-0.15, -0.1) is 0 Å². The molecule has 0 aromatic heterocycles.